The Morgan fingerprint density at radius 2 is 2.11 bits per heavy atom. The lowest BCUT2D eigenvalue weighted by Crippen LogP contribution is -2.31. The summed E-state index contributed by atoms with van der Waals surface area (Å²) in [5.74, 6) is 0. The number of rotatable bonds is 2. The summed E-state index contributed by atoms with van der Waals surface area (Å²) in [6.45, 7) is 0. The van der Waals surface area contributed by atoms with E-state index in [1.54, 1.807) is 0 Å². The van der Waals surface area contributed by atoms with Gasteiger partial charge in [0.25, 0.3) is 0 Å². The van der Waals surface area contributed by atoms with E-state index in [1.165, 1.54) is 0 Å². The Bertz CT molecular complexity index is 203. The van der Waals surface area contributed by atoms with E-state index >= 15 is 0 Å². The van der Waals surface area contributed by atoms with E-state index < -0.39 is 18.6 Å². The molecule has 9 heteroatoms. The molecule has 0 amide bonds. The lowest BCUT2D eigenvalue weighted by Gasteiger charge is -2.00. The molecule has 0 bridgehead atoms. The van der Waals surface area contributed by atoms with Crippen molar-refractivity contribution in [3.8, 4) is 0 Å². The Morgan fingerprint density at radius 3 is 2.11 bits per heavy atom. The van der Waals surface area contributed by atoms with E-state index in [1.807, 2.05) is 0 Å². The van der Waals surface area contributed by atoms with Crippen molar-refractivity contribution >= 4 is 20.1 Å². The standard InChI is InChI=1S/H2N2O5S2/c3-1(4)2(5)9(6,7)8/h5H,(H,6,7,8). The molecule has 0 heterocycles. The fourth-order valence-corrected chi connectivity index (χ4v) is 0.416. The minimum atomic E-state index is -4.28. The highest BCUT2D eigenvalue weighted by atomic mass is 32.8. The van der Waals surface area contributed by atoms with E-state index in [2.05, 4.69) is 11.2 Å². The van der Waals surface area contributed by atoms with Gasteiger partial charge >= 0.3 is 8.96 Å². The molecule has 9 heavy (non-hydrogen) atoms. The molecule has 0 saturated carbocycles. The predicted octanol–water partition coefficient (Wildman–Crippen LogP) is -0.996. The molecule has 0 spiro atoms. The van der Waals surface area contributed by atoms with Crippen molar-refractivity contribution in [2.24, 2.45) is 0 Å². The van der Waals surface area contributed by atoms with Crippen LogP contribution < -0.4 is 0 Å². The molecule has 0 aliphatic heterocycles. The molecule has 0 aromatic carbocycles. The van der Waals surface area contributed by atoms with Gasteiger partial charge in [-0.1, -0.05) is 0 Å². The summed E-state index contributed by atoms with van der Waals surface area (Å²) in [5.41, 5.74) is 0. The lowest BCUT2D eigenvalue weighted by molar-refractivity contribution is -0.689. The third-order valence-corrected chi connectivity index (χ3v) is 1.29. The van der Waals surface area contributed by atoms with Gasteiger partial charge in [0.15, 0.2) is 0 Å². The maximum atomic E-state index is 9.93. The molecule has 0 fully saturated rings. The molecular weight excluding hydrogens is 172 g/mol. The van der Waals surface area contributed by atoms with Crippen molar-refractivity contribution in [2.75, 3.05) is 0 Å². The molecule has 0 saturated heterocycles. The van der Waals surface area contributed by atoms with Crippen molar-refractivity contribution in [3.05, 3.63) is 10.1 Å². The predicted molar refractivity (Wildman–Crippen MR) is 28.8 cm³/mol. The Labute approximate surface area is 54.6 Å². The number of nitro groups is 1. The Balaban J connectivity index is 4.43. The summed E-state index contributed by atoms with van der Waals surface area (Å²) >= 11 is 3.60. The maximum Gasteiger partial charge on any atom is 0.313 e. The summed E-state index contributed by atoms with van der Waals surface area (Å²) in [5, 5.41) is 15.9. The van der Waals surface area contributed by atoms with Crippen molar-refractivity contribution in [2.45, 2.75) is 0 Å². The zero-order valence-corrected chi connectivity index (χ0v) is 5.46. The third-order valence-electron chi connectivity index (χ3n) is 0.346. The molecule has 7 nitrogen and oxygen atoms in total. The van der Waals surface area contributed by atoms with Crippen LogP contribution in [0.2, 0.25) is 0 Å². The van der Waals surface area contributed by atoms with Crippen LogP contribution in [-0.2, 0) is 20.1 Å². The average molecular weight is 174 g/mol. The van der Waals surface area contributed by atoms with Gasteiger partial charge in [-0.05, 0) is 0 Å². The molecule has 0 radical (unpaired) electrons. The molecule has 54 valence electrons. The third kappa shape index (κ3) is 2.51. The van der Waals surface area contributed by atoms with Crippen LogP contribution in [0.5, 0.6) is 0 Å². The maximum absolute atomic E-state index is 9.93. The Morgan fingerprint density at radius 1 is 1.78 bits per heavy atom. The van der Waals surface area contributed by atoms with E-state index in [9.17, 15) is 14.3 Å². The van der Waals surface area contributed by atoms with Crippen LogP contribution in [0.1, 0.15) is 0 Å². The van der Waals surface area contributed by atoms with Gasteiger partial charge in [-0.3, -0.25) is 4.55 Å². The lowest BCUT2D eigenvalue weighted by atomic mass is 12.6. The van der Waals surface area contributed by atoms with Gasteiger partial charge in [0.1, 0.15) is 4.58 Å². The molecule has 0 aliphatic carbocycles. The summed E-state index contributed by atoms with van der Waals surface area (Å²) < 4.78 is 16.9. The van der Waals surface area contributed by atoms with Crippen LogP contribution in [0, 0.1) is 10.1 Å². The normalized spacial score (nSPS) is 16.2. The van der Waals surface area contributed by atoms with Crippen LogP contribution in [-0.4, -0.2) is 23.6 Å². The number of hydrogen-bond donors (Lipinski definition) is 2. The highest BCUT2D eigenvalue weighted by molar-refractivity contribution is 8.28. The van der Waals surface area contributed by atoms with Crippen LogP contribution in [0.3, 0.4) is 0 Å². The highest BCUT2D eigenvalue weighted by Gasteiger charge is 2.21. The van der Waals surface area contributed by atoms with E-state index in [0.29, 0.717) is 0 Å². The van der Waals surface area contributed by atoms with Gasteiger partial charge in [-0.15, -0.1) is 0 Å². The zero-order valence-electron chi connectivity index (χ0n) is 3.83. The summed E-state index contributed by atoms with van der Waals surface area (Å²) in [7, 11) is -4.28. The van der Waals surface area contributed by atoms with Gasteiger partial charge in [0, 0.05) is 11.2 Å². The zero-order chi connectivity index (χ0) is 7.65. The van der Waals surface area contributed by atoms with E-state index in [0.717, 1.165) is 0 Å². The number of hydrazine groups is 1. The summed E-state index contributed by atoms with van der Waals surface area (Å²) in [4.78, 5) is 9.42. The number of hydrogen-bond acceptors (Lipinski definition) is 5. The van der Waals surface area contributed by atoms with Gasteiger partial charge < -0.3 is 0 Å². The average Bonchev–Trinajstić information content (AvgIpc) is 1.62. The first-order valence-corrected chi connectivity index (χ1v) is 3.86. The molecule has 0 rings (SSSR count). The minimum absolute atomic E-state index is 1.03. The van der Waals surface area contributed by atoms with Crippen LogP contribution >= 0.6 is 0 Å². The van der Waals surface area contributed by atoms with Crippen molar-refractivity contribution < 1.29 is 19.0 Å². The van der Waals surface area contributed by atoms with Crippen molar-refractivity contribution in [1.82, 2.24) is 4.58 Å². The van der Waals surface area contributed by atoms with E-state index in [-0.39, 0.29) is 0 Å². The second-order valence-electron chi connectivity index (χ2n) is 0.938. The quantitative estimate of drug-likeness (QED) is 0.411. The summed E-state index contributed by atoms with van der Waals surface area (Å²) in [6.07, 6.45) is 0. The fraction of sp³-hybridized carbons (Fsp3) is 0. The molecule has 0 aliphatic rings. The van der Waals surface area contributed by atoms with E-state index in [4.69, 9.17) is 9.76 Å². The molecular formula is H2N2O5S2. The largest absolute Gasteiger partial charge is 0.313 e. The second kappa shape index (κ2) is 2.39. The van der Waals surface area contributed by atoms with Crippen LogP contribution in [0.25, 0.3) is 0 Å². The smallest absolute Gasteiger partial charge is 0.284 e. The molecule has 1 atom stereocenters. The summed E-state index contributed by atoms with van der Waals surface area (Å²) in [6, 6.07) is 0. The van der Waals surface area contributed by atoms with Crippen LogP contribution in [0.4, 0.5) is 0 Å². The van der Waals surface area contributed by atoms with Crippen molar-refractivity contribution in [3.63, 3.8) is 0 Å². The van der Waals surface area contributed by atoms with Crippen LogP contribution in [0.15, 0.2) is 0 Å². The highest BCUT2D eigenvalue weighted by Crippen LogP contribution is 1.90. The molecule has 0 aromatic rings. The van der Waals surface area contributed by atoms with Crippen molar-refractivity contribution in [1.29, 1.82) is 0 Å². The van der Waals surface area contributed by atoms with Gasteiger partial charge in [0.05, 0.1) is 0 Å². The topological polar surface area (TPSA) is 104 Å². The van der Waals surface area contributed by atoms with Gasteiger partial charge in [-0.2, -0.15) is 4.21 Å². The number of nitrogens with zero attached hydrogens (tertiary/aromatic N) is 2. The Kier molecular flexibility index (Phi) is 2.25. The fourth-order valence-electron chi connectivity index (χ4n) is 0.0842. The molecule has 1 unspecified atom stereocenters. The second-order valence-corrected chi connectivity index (χ2v) is 3.46. The monoisotopic (exact) mass is 174 g/mol. The van der Waals surface area contributed by atoms with Gasteiger partial charge in [-0.25, -0.2) is 15.3 Å². The SMILES string of the molecule is O=[N+]([O-])N(O)S(=O)(O)=S. The first kappa shape index (κ1) is 8.49. The first-order chi connectivity index (χ1) is 3.85. The first-order valence-electron chi connectivity index (χ1n) is 1.46. The molecule has 2 N–H and O–H groups in total. The van der Waals surface area contributed by atoms with Gasteiger partial charge in [0.2, 0.25) is 5.03 Å². The minimum Gasteiger partial charge on any atom is -0.284 e. The Hall–Kier alpha value is -0.510. The molecule has 0 aromatic heterocycles.